The van der Waals surface area contributed by atoms with Crippen LogP contribution in [0.4, 0.5) is 4.39 Å². The molecule has 0 aliphatic rings. The number of halogens is 1. The van der Waals surface area contributed by atoms with Crippen LogP contribution in [0.2, 0.25) is 0 Å². The highest BCUT2D eigenvalue weighted by molar-refractivity contribution is 5.81. The molecule has 5 aromatic rings. The highest BCUT2D eigenvalue weighted by Crippen LogP contribution is 2.26. The summed E-state index contributed by atoms with van der Waals surface area (Å²) in [6.07, 6.45) is 1.57. The second-order valence-electron chi connectivity index (χ2n) is 9.61. The monoisotopic (exact) mass is 510 g/mol. The molecule has 0 amide bonds. The maximum atomic E-state index is 13.4. The van der Waals surface area contributed by atoms with Crippen LogP contribution in [0.5, 0.6) is 0 Å². The van der Waals surface area contributed by atoms with E-state index in [1.165, 1.54) is 17.7 Å². The van der Waals surface area contributed by atoms with E-state index >= 15 is 0 Å². The molecule has 1 N–H and O–H groups in total. The standard InChI is InChI=1S/C30H31FN6O/c1-3-27(29-33-34-35-37(29)19-23-12-14-26(31)15-13-23)36(17-16-22-9-5-4-6-10-22)20-25-18-24-11-7-8-21(2)28(24)32-30(25)38/h4-15,18,27H,3,16-17,19-20H2,1-2H3,(H,32,38). The molecule has 2 heterocycles. The lowest BCUT2D eigenvalue weighted by molar-refractivity contribution is 0.172. The number of hydrogen-bond acceptors (Lipinski definition) is 5. The summed E-state index contributed by atoms with van der Waals surface area (Å²) in [4.78, 5) is 18.5. The lowest BCUT2D eigenvalue weighted by atomic mass is 10.1. The van der Waals surface area contributed by atoms with Crippen LogP contribution in [0.15, 0.2) is 83.7 Å². The molecule has 0 fully saturated rings. The van der Waals surface area contributed by atoms with Crippen LogP contribution in [0, 0.1) is 12.7 Å². The van der Waals surface area contributed by atoms with Crippen LogP contribution < -0.4 is 5.56 Å². The molecule has 2 aromatic heterocycles. The Balaban J connectivity index is 1.48. The molecule has 194 valence electrons. The van der Waals surface area contributed by atoms with Crippen molar-refractivity contribution in [2.45, 2.75) is 45.8 Å². The predicted molar refractivity (Wildman–Crippen MR) is 146 cm³/mol. The summed E-state index contributed by atoms with van der Waals surface area (Å²) in [6, 6.07) is 24.6. The average Bonchev–Trinajstić information content (AvgIpc) is 3.38. The summed E-state index contributed by atoms with van der Waals surface area (Å²) in [6.45, 7) is 5.70. The summed E-state index contributed by atoms with van der Waals surface area (Å²) < 4.78 is 15.2. The maximum absolute atomic E-state index is 13.4. The molecule has 8 heteroatoms. The Hall–Kier alpha value is -4.17. The third-order valence-corrected chi connectivity index (χ3v) is 7.00. The topological polar surface area (TPSA) is 79.7 Å². The largest absolute Gasteiger partial charge is 0.321 e. The van der Waals surface area contributed by atoms with Crippen molar-refractivity contribution in [3.8, 4) is 0 Å². The quantitative estimate of drug-likeness (QED) is 0.279. The molecule has 38 heavy (non-hydrogen) atoms. The summed E-state index contributed by atoms with van der Waals surface area (Å²) in [7, 11) is 0. The summed E-state index contributed by atoms with van der Waals surface area (Å²) in [5.41, 5.74) is 4.66. The molecule has 1 unspecified atom stereocenters. The fourth-order valence-electron chi connectivity index (χ4n) is 4.96. The van der Waals surface area contributed by atoms with Gasteiger partial charge in [0.2, 0.25) is 0 Å². The van der Waals surface area contributed by atoms with Gasteiger partial charge in [0, 0.05) is 18.7 Å². The molecule has 7 nitrogen and oxygen atoms in total. The Bertz CT molecular complexity index is 1560. The van der Waals surface area contributed by atoms with Gasteiger partial charge in [0.05, 0.1) is 18.1 Å². The molecule has 1 atom stereocenters. The van der Waals surface area contributed by atoms with Gasteiger partial charge in [-0.25, -0.2) is 9.07 Å². The molecule has 0 bridgehead atoms. The third-order valence-electron chi connectivity index (χ3n) is 7.00. The van der Waals surface area contributed by atoms with Crippen molar-refractivity contribution in [2.75, 3.05) is 6.54 Å². The minimum absolute atomic E-state index is 0.0859. The van der Waals surface area contributed by atoms with Crippen molar-refractivity contribution in [1.29, 1.82) is 0 Å². The number of benzene rings is 3. The van der Waals surface area contributed by atoms with Crippen molar-refractivity contribution in [3.63, 3.8) is 0 Å². The number of pyridine rings is 1. The highest BCUT2D eigenvalue weighted by atomic mass is 19.1. The van der Waals surface area contributed by atoms with Crippen LogP contribution in [-0.2, 0) is 19.5 Å². The van der Waals surface area contributed by atoms with Crippen LogP contribution >= 0.6 is 0 Å². The smallest absolute Gasteiger partial charge is 0.252 e. The first-order valence-electron chi connectivity index (χ1n) is 12.9. The SMILES string of the molecule is CCC(c1nnnn1Cc1ccc(F)cc1)N(CCc1ccccc1)Cc1cc2cccc(C)c2[nH]c1=O. The first-order chi connectivity index (χ1) is 18.5. The molecular formula is C30H31FN6O. The van der Waals surface area contributed by atoms with Crippen LogP contribution in [0.25, 0.3) is 10.9 Å². The molecule has 0 saturated heterocycles. The molecule has 5 rings (SSSR count). The predicted octanol–water partition coefficient (Wildman–Crippen LogP) is 5.21. The maximum Gasteiger partial charge on any atom is 0.252 e. The van der Waals surface area contributed by atoms with Crippen molar-refractivity contribution in [2.24, 2.45) is 0 Å². The lowest BCUT2D eigenvalue weighted by Crippen LogP contribution is -2.34. The third kappa shape index (κ3) is 5.70. The molecule has 0 aliphatic carbocycles. The van der Waals surface area contributed by atoms with Gasteiger partial charge in [0.1, 0.15) is 5.82 Å². The van der Waals surface area contributed by atoms with Gasteiger partial charge in [0.25, 0.3) is 5.56 Å². The van der Waals surface area contributed by atoms with Gasteiger partial charge in [-0.1, -0.05) is 67.6 Å². The second-order valence-corrected chi connectivity index (χ2v) is 9.61. The zero-order valence-electron chi connectivity index (χ0n) is 21.6. The molecule has 3 aromatic carbocycles. The van der Waals surface area contributed by atoms with Crippen LogP contribution in [-0.4, -0.2) is 36.6 Å². The lowest BCUT2D eigenvalue weighted by Gasteiger charge is -2.30. The van der Waals surface area contributed by atoms with Gasteiger partial charge < -0.3 is 4.98 Å². The van der Waals surface area contributed by atoms with E-state index in [0.717, 1.165) is 47.2 Å². The molecular weight excluding hydrogens is 479 g/mol. The number of fused-ring (bicyclic) bond motifs is 1. The zero-order valence-corrected chi connectivity index (χ0v) is 21.6. The molecule has 0 saturated carbocycles. The highest BCUT2D eigenvalue weighted by Gasteiger charge is 2.26. The van der Waals surface area contributed by atoms with Crippen molar-refractivity contribution < 1.29 is 4.39 Å². The Labute approximate surface area is 220 Å². The summed E-state index contributed by atoms with van der Waals surface area (Å²) >= 11 is 0. The van der Waals surface area contributed by atoms with E-state index in [-0.39, 0.29) is 17.4 Å². The Kier molecular flexibility index (Phi) is 7.70. The number of aromatic amines is 1. The number of rotatable bonds is 10. The van der Waals surface area contributed by atoms with E-state index in [9.17, 15) is 9.18 Å². The van der Waals surface area contributed by atoms with Gasteiger partial charge in [-0.15, -0.1) is 5.10 Å². The Morgan fingerprint density at radius 2 is 1.79 bits per heavy atom. The van der Waals surface area contributed by atoms with E-state index in [4.69, 9.17) is 0 Å². The number of aryl methyl sites for hydroxylation is 1. The van der Waals surface area contributed by atoms with Gasteiger partial charge >= 0.3 is 0 Å². The Morgan fingerprint density at radius 3 is 2.55 bits per heavy atom. The summed E-state index contributed by atoms with van der Waals surface area (Å²) in [5.74, 6) is 0.443. The van der Waals surface area contributed by atoms with Gasteiger partial charge in [-0.3, -0.25) is 9.69 Å². The number of tetrazole rings is 1. The van der Waals surface area contributed by atoms with Crippen molar-refractivity contribution >= 4 is 10.9 Å². The number of H-pyrrole nitrogens is 1. The van der Waals surface area contributed by atoms with E-state index in [2.05, 4.69) is 44.5 Å². The molecule has 0 radical (unpaired) electrons. The Morgan fingerprint density at radius 1 is 1.00 bits per heavy atom. The van der Waals surface area contributed by atoms with Crippen molar-refractivity contribution in [3.05, 3.63) is 123 Å². The molecule has 0 spiro atoms. The van der Waals surface area contributed by atoms with Gasteiger partial charge in [0.15, 0.2) is 5.82 Å². The molecule has 0 aliphatic heterocycles. The zero-order chi connectivity index (χ0) is 26.5. The van der Waals surface area contributed by atoms with E-state index in [0.29, 0.717) is 18.7 Å². The van der Waals surface area contributed by atoms with Gasteiger partial charge in [-0.2, -0.15) is 0 Å². The minimum Gasteiger partial charge on any atom is -0.321 e. The first-order valence-corrected chi connectivity index (χ1v) is 12.9. The first kappa shape index (κ1) is 25.5. The minimum atomic E-state index is -0.278. The number of para-hydroxylation sites is 1. The van der Waals surface area contributed by atoms with E-state index < -0.39 is 0 Å². The fraction of sp³-hybridized carbons (Fsp3) is 0.267. The number of hydrogen-bond donors (Lipinski definition) is 1. The van der Waals surface area contributed by atoms with E-state index in [1.807, 2.05) is 49.4 Å². The fourth-order valence-corrected chi connectivity index (χ4v) is 4.96. The number of nitrogens with zero attached hydrogens (tertiary/aromatic N) is 5. The van der Waals surface area contributed by atoms with Crippen LogP contribution in [0.3, 0.4) is 0 Å². The average molecular weight is 511 g/mol. The normalized spacial score (nSPS) is 12.3. The van der Waals surface area contributed by atoms with Crippen LogP contribution in [0.1, 0.15) is 47.5 Å². The summed E-state index contributed by atoms with van der Waals surface area (Å²) in [5, 5.41) is 13.6. The number of nitrogens with one attached hydrogen (secondary N) is 1. The van der Waals surface area contributed by atoms with Gasteiger partial charge in [-0.05, 0) is 70.5 Å². The second kappa shape index (κ2) is 11.5. The van der Waals surface area contributed by atoms with Crippen molar-refractivity contribution in [1.82, 2.24) is 30.1 Å². The number of aromatic nitrogens is 5. The van der Waals surface area contributed by atoms with E-state index in [1.54, 1.807) is 16.8 Å².